The smallest absolute Gasteiger partial charge is 0.294 e. The fraction of sp³-hybridized carbons (Fsp3) is 0.333. The summed E-state index contributed by atoms with van der Waals surface area (Å²) in [5.41, 5.74) is 10.1. The second kappa shape index (κ2) is 9.52. The molecule has 0 saturated heterocycles. The Hall–Kier alpha value is -1.50. The Labute approximate surface area is 110 Å². The summed E-state index contributed by atoms with van der Waals surface area (Å²) >= 11 is 1.25. The number of nitrogens with one attached hydrogen (secondary N) is 2. The van der Waals surface area contributed by atoms with Crippen LogP contribution >= 0.6 is 23.5 Å². The van der Waals surface area contributed by atoms with Crippen molar-refractivity contribution in [1.82, 2.24) is 0 Å². The van der Waals surface area contributed by atoms with Crippen LogP contribution in [0.3, 0.4) is 0 Å². The van der Waals surface area contributed by atoms with Crippen molar-refractivity contribution in [2.45, 2.75) is 0 Å². The van der Waals surface area contributed by atoms with Crippen molar-refractivity contribution in [3.63, 3.8) is 0 Å². The number of aliphatic imine (C=N–C) groups is 2. The summed E-state index contributed by atoms with van der Waals surface area (Å²) in [7, 11) is 0. The molecule has 0 saturated carbocycles. The molecular formula is C6H12N6O4S2. The standard InChI is InChI=1S/C6H12N6O4S2/c7-3(8)17-5(15-13)11-1-2-12-6(16-14)18-4(9)10/h13-14H,1-2H2,(H3,7,8)(H3,9,10). The minimum absolute atomic E-state index is 0.0848. The van der Waals surface area contributed by atoms with Crippen LogP contribution in [0.25, 0.3) is 0 Å². The highest BCUT2D eigenvalue weighted by atomic mass is 32.2. The number of rotatable bonds is 3. The monoisotopic (exact) mass is 296 g/mol. The van der Waals surface area contributed by atoms with Gasteiger partial charge in [0.15, 0.2) is 10.3 Å². The summed E-state index contributed by atoms with van der Waals surface area (Å²) in [5.74, 6) is 0. The highest BCUT2D eigenvalue weighted by molar-refractivity contribution is 8.26. The van der Waals surface area contributed by atoms with Crippen LogP contribution in [0, 0.1) is 10.8 Å². The summed E-state index contributed by atoms with van der Waals surface area (Å²) < 4.78 is 0. The number of thioether (sulfide) groups is 2. The zero-order valence-corrected chi connectivity index (χ0v) is 10.6. The summed E-state index contributed by atoms with van der Waals surface area (Å²) in [6, 6.07) is 0. The van der Waals surface area contributed by atoms with Crippen molar-refractivity contribution in [2.75, 3.05) is 13.1 Å². The lowest BCUT2D eigenvalue weighted by molar-refractivity contribution is -0.150. The van der Waals surface area contributed by atoms with Crippen molar-refractivity contribution in [3.05, 3.63) is 0 Å². The molecule has 102 valence electrons. The fourth-order valence-corrected chi connectivity index (χ4v) is 1.39. The summed E-state index contributed by atoms with van der Waals surface area (Å²) in [5, 5.41) is 29.7. The third kappa shape index (κ3) is 8.63. The van der Waals surface area contributed by atoms with Gasteiger partial charge in [-0.05, 0) is 0 Å². The first-order valence-electron chi connectivity index (χ1n) is 4.25. The van der Waals surface area contributed by atoms with Gasteiger partial charge in [-0.15, -0.1) is 0 Å². The van der Waals surface area contributed by atoms with Crippen molar-refractivity contribution < 1.29 is 20.3 Å². The summed E-state index contributed by atoms with van der Waals surface area (Å²) in [6.07, 6.45) is 0. The Balaban J connectivity index is 4.21. The van der Waals surface area contributed by atoms with Crippen LogP contribution in [-0.4, -0.2) is 44.4 Å². The Morgan fingerprint density at radius 3 is 1.50 bits per heavy atom. The second-order valence-corrected chi connectivity index (χ2v) is 4.40. The van der Waals surface area contributed by atoms with Gasteiger partial charge in [-0.2, -0.15) is 0 Å². The molecule has 0 aliphatic heterocycles. The molecule has 0 aromatic rings. The zero-order chi connectivity index (χ0) is 14.0. The molecule has 12 heteroatoms. The van der Waals surface area contributed by atoms with Gasteiger partial charge in [-0.1, -0.05) is 0 Å². The first kappa shape index (κ1) is 16.5. The molecule has 0 heterocycles. The van der Waals surface area contributed by atoms with Gasteiger partial charge in [0, 0.05) is 23.5 Å². The lowest BCUT2D eigenvalue weighted by atomic mass is 10.7. The Morgan fingerprint density at radius 1 is 0.944 bits per heavy atom. The van der Waals surface area contributed by atoms with E-state index in [9.17, 15) is 0 Å². The third-order valence-corrected chi connectivity index (χ3v) is 2.33. The first-order chi connectivity index (χ1) is 8.49. The Kier molecular flexibility index (Phi) is 8.73. The second-order valence-electron chi connectivity index (χ2n) is 2.41. The molecule has 10 nitrogen and oxygen atoms in total. The minimum atomic E-state index is -0.294. The van der Waals surface area contributed by atoms with Crippen molar-refractivity contribution >= 4 is 44.3 Å². The molecule has 0 fully saturated rings. The molecule has 0 bridgehead atoms. The van der Waals surface area contributed by atoms with Gasteiger partial charge in [0.1, 0.15) is 0 Å². The molecule has 0 radical (unpaired) electrons. The molecule has 0 unspecified atom stereocenters. The lowest BCUT2D eigenvalue weighted by Crippen LogP contribution is -2.11. The van der Waals surface area contributed by atoms with Gasteiger partial charge in [-0.3, -0.25) is 10.8 Å². The average Bonchev–Trinajstić information content (AvgIpc) is 2.30. The minimum Gasteiger partial charge on any atom is -0.378 e. The molecule has 0 aliphatic carbocycles. The molecule has 0 amide bonds. The van der Waals surface area contributed by atoms with Gasteiger partial charge in [0.05, 0.1) is 13.1 Å². The fourth-order valence-electron chi connectivity index (χ4n) is 0.630. The molecule has 18 heavy (non-hydrogen) atoms. The van der Waals surface area contributed by atoms with E-state index >= 15 is 0 Å². The average molecular weight is 296 g/mol. The van der Waals surface area contributed by atoms with E-state index in [4.69, 9.17) is 32.8 Å². The molecule has 0 rings (SSSR count). The third-order valence-electron chi connectivity index (χ3n) is 1.13. The van der Waals surface area contributed by atoms with Gasteiger partial charge in [0.2, 0.25) is 0 Å². The van der Waals surface area contributed by atoms with E-state index in [1.54, 1.807) is 0 Å². The van der Waals surface area contributed by atoms with Crippen molar-refractivity contribution in [3.8, 4) is 0 Å². The van der Waals surface area contributed by atoms with Crippen LogP contribution in [0.4, 0.5) is 0 Å². The maximum Gasteiger partial charge on any atom is 0.294 e. The predicted octanol–water partition coefficient (Wildman–Crippen LogP) is -0.0691. The van der Waals surface area contributed by atoms with Crippen molar-refractivity contribution in [2.24, 2.45) is 21.5 Å². The number of hydrogen-bond acceptors (Lipinski definition) is 10. The Morgan fingerprint density at radius 2 is 1.28 bits per heavy atom. The summed E-state index contributed by atoms with van der Waals surface area (Å²) in [6.45, 7) is 0.170. The largest absolute Gasteiger partial charge is 0.378 e. The van der Waals surface area contributed by atoms with Gasteiger partial charge < -0.3 is 21.2 Å². The van der Waals surface area contributed by atoms with E-state index in [0.29, 0.717) is 23.5 Å². The van der Waals surface area contributed by atoms with Crippen LogP contribution in [0.5, 0.6) is 0 Å². The lowest BCUT2D eigenvalue weighted by Gasteiger charge is -2.00. The van der Waals surface area contributed by atoms with Gasteiger partial charge in [0.25, 0.3) is 10.5 Å². The predicted molar refractivity (Wildman–Crippen MR) is 71.0 cm³/mol. The van der Waals surface area contributed by atoms with E-state index < -0.39 is 0 Å². The highest BCUT2D eigenvalue weighted by Gasteiger charge is 2.05. The van der Waals surface area contributed by atoms with E-state index in [0.717, 1.165) is 0 Å². The molecule has 0 aliphatic rings. The number of nitrogens with zero attached hydrogens (tertiary/aromatic N) is 2. The van der Waals surface area contributed by atoms with Crippen LogP contribution in [-0.2, 0) is 9.78 Å². The maximum atomic E-state index is 8.40. The first-order valence-corrected chi connectivity index (χ1v) is 5.88. The van der Waals surface area contributed by atoms with E-state index in [-0.39, 0.29) is 33.9 Å². The van der Waals surface area contributed by atoms with E-state index in [1.807, 2.05) is 0 Å². The molecule has 0 aromatic carbocycles. The van der Waals surface area contributed by atoms with Crippen LogP contribution in [0.2, 0.25) is 0 Å². The van der Waals surface area contributed by atoms with Crippen LogP contribution < -0.4 is 11.5 Å². The topological polar surface area (TPSA) is 183 Å². The van der Waals surface area contributed by atoms with Gasteiger partial charge in [-0.25, -0.2) is 20.5 Å². The maximum absolute atomic E-state index is 8.40. The van der Waals surface area contributed by atoms with Gasteiger partial charge >= 0.3 is 0 Å². The molecular weight excluding hydrogens is 284 g/mol. The molecule has 8 N–H and O–H groups in total. The van der Waals surface area contributed by atoms with E-state index in [1.165, 1.54) is 0 Å². The molecule has 0 atom stereocenters. The quantitative estimate of drug-likeness (QED) is 0.137. The number of nitrogens with two attached hydrogens (primary N) is 2. The zero-order valence-electron chi connectivity index (χ0n) is 8.99. The van der Waals surface area contributed by atoms with Crippen LogP contribution in [0.1, 0.15) is 0 Å². The SMILES string of the molecule is N=C(N)SC(=NCCN=C(OO)SC(=N)N)OO. The summed E-state index contributed by atoms with van der Waals surface area (Å²) in [4.78, 5) is 15.2. The molecule has 0 spiro atoms. The molecule has 0 aromatic heterocycles. The number of hydrogen-bond donors (Lipinski definition) is 6. The normalized spacial score (nSPS) is 12.1. The van der Waals surface area contributed by atoms with Crippen molar-refractivity contribution in [1.29, 1.82) is 10.8 Å². The van der Waals surface area contributed by atoms with Crippen LogP contribution in [0.15, 0.2) is 9.98 Å². The number of amidine groups is 2. The highest BCUT2D eigenvalue weighted by Crippen LogP contribution is 2.05. The van der Waals surface area contributed by atoms with E-state index in [2.05, 4.69) is 19.8 Å². The Bertz CT molecular complexity index is 326.